The zero-order valence-electron chi connectivity index (χ0n) is 10.8. The topological polar surface area (TPSA) is 64.7 Å². The van der Waals surface area contributed by atoms with Crippen molar-refractivity contribution in [2.75, 3.05) is 11.9 Å². The molecule has 2 aromatic heterocycles. The number of pyridine rings is 1. The average Bonchev–Trinajstić information content (AvgIpc) is 2.76. The number of nitrogens with zero attached hydrogens (tertiary/aromatic N) is 4. The van der Waals surface area contributed by atoms with Crippen LogP contribution < -0.4 is 10.9 Å². The number of aromatic nitrogens is 4. The van der Waals surface area contributed by atoms with E-state index in [1.165, 1.54) is 4.57 Å². The molecule has 0 unspecified atom stereocenters. The highest BCUT2D eigenvalue weighted by Gasteiger charge is 2.12. The molecule has 0 spiro atoms. The summed E-state index contributed by atoms with van der Waals surface area (Å²) >= 11 is 0. The summed E-state index contributed by atoms with van der Waals surface area (Å²) in [6.07, 6.45) is 1.74. The monoisotopic (exact) mass is 247 g/mol. The lowest BCUT2D eigenvalue weighted by molar-refractivity contribution is 0.769. The van der Waals surface area contributed by atoms with Gasteiger partial charge in [-0.05, 0) is 19.9 Å². The molecule has 18 heavy (non-hydrogen) atoms. The number of hydrogen-bond acceptors (Lipinski definition) is 4. The van der Waals surface area contributed by atoms with E-state index in [1.807, 2.05) is 24.5 Å². The van der Waals surface area contributed by atoms with Gasteiger partial charge in [0.2, 0.25) is 5.95 Å². The molecule has 0 aliphatic carbocycles. The molecule has 0 aliphatic rings. The first-order valence-corrected chi connectivity index (χ1v) is 6.01. The molecule has 0 atom stereocenters. The van der Waals surface area contributed by atoms with Crippen LogP contribution in [0, 0.1) is 0 Å². The van der Waals surface area contributed by atoms with Crippen molar-refractivity contribution in [2.24, 2.45) is 7.05 Å². The Hall–Kier alpha value is -2.11. The van der Waals surface area contributed by atoms with Crippen molar-refractivity contribution in [1.29, 1.82) is 0 Å². The van der Waals surface area contributed by atoms with E-state index in [0.29, 0.717) is 5.82 Å². The Kier molecular flexibility index (Phi) is 3.45. The lowest BCUT2D eigenvalue weighted by atomic mass is 10.2. The van der Waals surface area contributed by atoms with Crippen LogP contribution in [0.5, 0.6) is 0 Å². The van der Waals surface area contributed by atoms with Gasteiger partial charge in [-0.2, -0.15) is 0 Å². The zero-order valence-corrected chi connectivity index (χ0v) is 10.8. The summed E-state index contributed by atoms with van der Waals surface area (Å²) in [5.74, 6) is 1.45. The fraction of sp³-hybridized carbons (Fsp3) is 0.417. The summed E-state index contributed by atoms with van der Waals surface area (Å²) in [7, 11) is 1.72. The SMILES string of the molecule is CCNc1nnc(-c2ccn(C)c(=O)c2)n1CC. The Morgan fingerprint density at radius 1 is 1.33 bits per heavy atom. The number of rotatable bonds is 4. The van der Waals surface area contributed by atoms with Crippen LogP contribution in [0.25, 0.3) is 11.4 Å². The van der Waals surface area contributed by atoms with Crippen LogP contribution in [-0.4, -0.2) is 25.9 Å². The minimum atomic E-state index is -0.0526. The van der Waals surface area contributed by atoms with Gasteiger partial charge in [0.1, 0.15) is 0 Å². The van der Waals surface area contributed by atoms with Crippen LogP contribution in [0.2, 0.25) is 0 Å². The Morgan fingerprint density at radius 3 is 2.72 bits per heavy atom. The highest BCUT2D eigenvalue weighted by atomic mass is 16.1. The lowest BCUT2D eigenvalue weighted by Crippen LogP contribution is -2.15. The Labute approximate surface area is 105 Å². The van der Waals surface area contributed by atoms with Gasteiger partial charge >= 0.3 is 0 Å². The first-order valence-electron chi connectivity index (χ1n) is 6.01. The molecule has 0 radical (unpaired) electrons. The van der Waals surface area contributed by atoms with Crippen LogP contribution in [-0.2, 0) is 13.6 Å². The molecule has 96 valence electrons. The molecule has 6 heteroatoms. The molecule has 0 saturated heterocycles. The third-order valence-electron chi connectivity index (χ3n) is 2.76. The van der Waals surface area contributed by atoms with E-state index in [2.05, 4.69) is 15.5 Å². The summed E-state index contributed by atoms with van der Waals surface area (Å²) < 4.78 is 3.49. The average molecular weight is 247 g/mol. The van der Waals surface area contributed by atoms with Crippen molar-refractivity contribution in [2.45, 2.75) is 20.4 Å². The van der Waals surface area contributed by atoms with Crippen LogP contribution in [0.4, 0.5) is 5.95 Å². The van der Waals surface area contributed by atoms with E-state index in [4.69, 9.17) is 0 Å². The van der Waals surface area contributed by atoms with Crippen LogP contribution in [0.15, 0.2) is 23.1 Å². The summed E-state index contributed by atoms with van der Waals surface area (Å²) in [6, 6.07) is 3.44. The Bertz CT molecular complexity index is 599. The zero-order chi connectivity index (χ0) is 13.1. The van der Waals surface area contributed by atoms with E-state index in [9.17, 15) is 4.79 Å². The fourth-order valence-corrected chi connectivity index (χ4v) is 1.79. The van der Waals surface area contributed by atoms with Crippen molar-refractivity contribution >= 4 is 5.95 Å². The largest absolute Gasteiger partial charge is 0.355 e. The molecule has 1 N–H and O–H groups in total. The predicted molar refractivity (Wildman–Crippen MR) is 70.5 cm³/mol. The number of aryl methyl sites for hydroxylation is 1. The van der Waals surface area contributed by atoms with Crippen molar-refractivity contribution in [3.05, 3.63) is 28.7 Å². The molecule has 0 amide bonds. The van der Waals surface area contributed by atoms with Gasteiger partial charge in [0.25, 0.3) is 5.56 Å². The Balaban J connectivity index is 2.50. The number of anilines is 1. The van der Waals surface area contributed by atoms with Crippen molar-refractivity contribution < 1.29 is 0 Å². The summed E-state index contributed by atoms with van der Waals surface area (Å²) in [6.45, 7) is 5.57. The van der Waals surface area contributed by atoms with E-state index in [0.717, 1.165) is 24.6 Å². The Morgan fingerprint density at radius 2 is 2.11 bits per heavy atom. The predicted octanol–water partition coefficient (Wildman–Crippen LogP) is 1.10. The van der Waals surface area contributed by atoms with Gasteiger partial charge in [-0.25, -0.2) is 0 Å². The molecule has 0 aliphatic heterocycles. The van der Waals surface area contributed by atoms with Crippen molar-refractivity contribution in [3.8, 4) is 11.4 Å². The van der Waals surface area contributed by atoms with Crippen molar-refractivity contribution in [1.82, 2.24) is 19.3 Å². The lowest BCUT2D eigenvalue weighted by Gasteiger charge is -2.08. The normalized spacial score (nSPS) is 10.6. The second kappa shape index (κ2) is 5.03. The smallest absolute Gasteiger partial charge is 0.250 e. The first kappa shape index (κ1) is 12.3. The molecule has 0 aromatic carbocycles. The van der Waals surface area contributed by atoms with Gasteiger partial charge in [0.05, 0.1) is 0 Å². The van der Waals surface area contributed by atoms with Crippen molar-refractivity contribution in [3.63, 3.8) is 0 Å². The van der Waals surface area contributed by atoms with E-state index >= 15 is 0 Å². The van der Waals surface area contributed by atoms with Gasteiger partial charge in [0.15, 0.2) is 5.82 Å². The first-order chi connectivity index (χ1) is 8.67. The van der Waals surface area contributed by atoms with Gasteiger partial charge in [0, 0.05) is 38.0 Å². The molecule has 2 heterocycles. The fourth-order valence-electron chi connectivity index (χ4n) is 1.79. The van der Waals surface area contributed by atoms with Gasteiger partial charge in [-0.1, -0.05) is 0 Å². The maximum absolute atomic E-state index is 11.6. The number of hydrogen-bond donors (Lipinski definition) is 1. The molecular weight excluding hydrogens is 230 g/mol. The minimum absolute atomic E-state index is 0.0526. The highest BCUT2D eigenvalue weighted by molar-refractivity contribution is 5.56. The molecule has 0 fully saturated rings. The van der Waals surface area contributed by atoms with E-state index in [-0.39, 0.29) is 5.56 Å². The van der Waals surface area contributed by atoms with Crippen LogP contribution in [0.3, 0.4) is 0 Å². The second-order valence-corrected chi connectivity index (χ2v) is 3.99. The second-order valence-electron chi connectivity index (χ2n) is 3.99. The molecular formula is C12H17N5O. The van der Waals surface area contributed by atoms with Crippen LogP contribution in [0.1, 0.15) is 13.8 Å². The molecule has 2 aromatic rings. The summed E-state index contributed by atoms with van der Waals surface area (Å²) in [5, 5.41) is 11.4. The quantitative estimate of drug-likeness (QED) is 0.878. The van der Waals surface area contributed by atoms with Crippen LogP contribution >= 0.6 is 0 Å². The summed E-state index contributed by atoms with van der Waals surface area (Å²) in [5.41, 5.74) is 0.736. The number of nitrogens with one attached hydrogen (secondary N) is 1. The van der Waals surface area contributed by atoms with Gasteiger partial charge < -0.3 is 9.88 Å². The minimum Gasteiger partial charge on any atom is -0.355 e. The third-order valence-corrected chi connectivity index (χ3v) is 2.76. The summed E-state index contributed by atoms with van der Waals surface area (Å²) in [4.78, 5) is 11.6. The maximum Gasteiger partial charge on any atom is 0.250 e. The van der Waals surface area contributed by atoms with Gasteiger partial charge in [-0.15, -0.1) is 10.2 Å². The van der Waals surface area contributed by atoms with E-state index < -0.39 is 0 Å². The highest BCUT2D eigenvalue weighted by Crippen LogP contribution is 2.18. The van der Waals surface area contributed by atoms with E-state index in [1.54, 1.807) is 19.3 Å². The third kappa shape index (κ3) is 2.13. The maximum atomic E-state index is 11.6. The molecule has 0 saturated carbocycles. The molecule has 6 nitrogen and oxygen atoms in total. The molecule has 0 bridgehead atoms. The van der Waals surface area contributed by atoms with Gasteiger partial charge in [-0.3, -0.25) is 9.36 Å². The standard InChI is InChI=1S/C12H17N5O/c1-4-13-12-15-14-11(17(12)5-2)9-6-7-16(3)10(18)8-9/h6-8H,4-5H2,1-3H3,(H,13,15). The molecule has 2 rings (SSSR count).